The summed E-state index contributed by atoms with van der Waals surface area (Å²) in [5, 5.41) is 2.44. The monoisotopic (exact) mass is 414 g/mol. The number of rotatable bonds is 4. The molecule has 1 saturated heterocycles. The van der Waals surface area contributed by atoms with Crippen LogP contribution in [0.3, 0.4) is 0 Å². The topological polar surface area (TPSA) is 75.7 Å². The van der Waals surface area contributed by atoms with Crippen molar-refractivity contribution >= 4 is 21.6 Å². The third-order valence-corrected chi connectivity index (χ3v) is 6.05. The third-order valence-electron chi connectivity index (χ3n) is 4.15. The first-order chi connectivity index (χ1) is 13.2. The van der Waals surface area contributed by atoms with Crippen LogP contribution in [0.1, 0.15) is 15.9 Å². The number of benzene rings is 2. The lowest BCUT2D eigenvalue weighted by Crippen LogP contribution is -2.40. The minimum Gasteiger partial charge on any atom is -0.379 e. The average Bonchev–Trinajstić information content (AvgIpc) is 2.68. The molecule has 0 bridgehead atoms. The number of alkyl halides is 3. The Bertz CT molecular complexity index is 971. The molecule has 3 rings (SSSR count). The second-order valence-corrected chi connectivity index (χ2v) is 8.01. The van der Waals surface area contributed by atoms with E-state index in [1.54, 1.807) is 0 Å². The van der Waals surface area contributed by atoms with Crippen molar-refractivity contribution in [2.45, 2.75) is 11.1 Å². The Morgan fingerprint density at radius 3 is 2.39 bits per heavy atom. The zero-order valence-corrected chi connectivity index (χ0v) is 15.4. The summed E-state index contributed by atoms with van der Waals surface area (Å²) < 4.78 is 70.2. The van der Waals surface area contributed by atoms with Crippen molar-refractivity contribution in [3.05, 3.63) is 59.7 Å². The van der Waals surface area contributed by atoms with Gasteiger partial charge in [-0.3, -0.25) is 4.79 Å². The zero-order valence-electron chi connectivity index (χ0n) is 14.6. The fourth-order valence-corrected chi connectivity index (χ4v) is 4.16. The first-order valence-electron chi connectivity index (χ1n) is 8.34. The minimum absolute atomic E-state index is 0.0174. The maximum atomic E-state index is 12.8. The first-order valence-corrected chi connectivity index (χ1v) is 9.78. The van der Waals surface area contributed by atoms with Crippen molar-refractivity contribution in [1.82, 2.24) is 4.31 Å². The van der Waals surface area contributed by atoms with Gasteiger partial charge in [0.25, 0.3) is 5.91 Å². The lowest BCUT2D eigenvalue weighted by molar-refractivity contribution is -0.137. The van der Waals surface area contributed by atoms with Gasteiger partial charge in [-0.25, -0.2) is 8.42 Å². The highest BCUT2D eigenvalue weighted by Crippen LogP contribution is 2.29. The molecule has 0 unspecified atom stereocenters. The molecule has 0 aliphatic carbocycles. The van der Waals surface area contributed by atoms with Crippen LogP contribution in [0.2, 0.25) is 0 Å². The van der Waals surface area contributed by atoms with E-state index in [-0.39, 0.29) is 29.2 Å². The number of carbonyl (C=O) groups excluding carboxylic acids is 1. The number of carbonyl (C=O) groups is 1. The van der Waals surface area contributed by atoms with Gasteiger partial charge in [0.2, 0.25) is 10.0 Å². The van der Waals surface area contributed by atoms with Crippen LogP contribution in [-0.2, 0) is 20.9 Å². The Labute approximate surface area is 160 Å². The van der Waals surface area contributed by atoms with Gasteiger partial charge in [0.1, 0.15) is 0 Å². The number of nitrogens with zero attached hydrogens (tertiary/aromatic N) is 1. The van der Waals surface area contributed by atoms with Crippen molar-refractivity contribution in [3.8, 4) is 0 Å². The highest BCUT2D eigenvalue weighted by atomic mass is 32.2. The Morgan fingerprint density at radius 2 is 1.71 bits per heavy atom. The number of anilines is 1. The quantitative estimate of drug-likeness (QED) is 0.835. The molecule has 0 saturated carbocycles. The summed E-state index contributed by atoms with van der Waals surface area (Å²) >= 11 is 0. The Hall–Kier alpha value is -2.43. The third kappa shape index (κ3) is 4.51. The molecule has 6 nitrogen and oxygen atoms in total. The lowest BCUT2D eigenvalue weighted by Gasteiger charge is -2.26. The van der Waals surface area contributed by atoms with Crippen LogP contribution >= 0.6 is 0 Å². The van der Waals surface area contributed by atoms with Crippen LogP contribution in [0, 0.1) is 0 Å². The molecule has 1 amide bonds. The number of halogens is 3. The molecule has 0 radical (unpaired) electrons. The summed E-state index contributed by atoms with van der Waals surface area (Å²) in [5.41, 5.74) is -0.961. The molecule has 2 aromatic rings. The fourth-order valence-electron chi connectivity index (χ4n) is 2.71. The second kappa shape index (κ2) is 7.90. The Morgan fingerprint density at radius 1 is 1.04 bits per heavy atom. The molecule has 0 atom stereocenters. The molecule has 1 fully saturated rings. The number of ether oxygens (including phenoxy) is 1. The predicted molar refractivity (Wildman–Crippen MR) is 95.4 cm³/mol. The van der Waals surface area contributed by atoms with Crippen molar-refractivity contribution in [3.63, 3.8) is 0 Å². The molecule has 10 heteroatoms. The summed E-state index contributed by atoms with van der Waals surface area (Å²) in [6.07, 6.45) is -4.57. The summed E-state index contributed by atoms with van der Waals surface area (Å²) in [4.78, 5) is 12.3. The first kappa shape index (κ1) is 20.3. The van der Waals surface area contributed by atoms with E-state index in [0.29, 0.717) is 13.2 Å². The van der Waals surface area contributed by atoms with E-state index < -0.39 is 27.7 Å². The van der Waals surface area contributed by atoms with Gasteiger partial charge in [-0.05, 0) is 36.4 Å². The van der Waals surface area contributed by atoms with Crippen LogP contribution in [-0.4, -0.2) is 44.9 Å². The molecule has 2 aromatic carbocycles. The second-order valence-electron chi connectivity index (χ2n) is 6.08. The summed E-state index contributed by atoms with van der Waals surface area (Å²) in [6.45, 7) is 1.04. The van der Waals surface area contributed by atoms with Gasteiger partial charge < -0.3 is 10.1 Å². The van der Waals surface area contributed by atoms with Crippen molar-refractivity contribution in [1.29, 1.82) is 0 Å². The molecule has 1 aliphatic rings. The van der Waals surface area contributed by atoms with E-state index in [4.69, 9.17) is 4.74 Å². The zero-order chi connectivity index (χ0) is 20.4. The van der Waals surface area contributed by atoms with Crippen LogP contribution < -0.4 is 5.32 Å². The van der Waals surface area contributed by atoms with E-state index in [2.05, 4.69) is 5.32 Å². The van der Waals surface area contributed by atoms with Gasteiger partial charge >= 0.3 is 6.18 Å². The standard InChI is InChI=1S/C18H17F3N2O4S/c19-18(20,21)14-4-1-3-13(11-14)17(24)22-15-5-2-6-16(12-15)28(25,26)23-7-9-27-10-8-23/h1-6,11-12H,7-10H2,(H,22,24). The lowest BCUT2D eigenvalue weighted by atomic mass is 10.1. The highest BCUT2D eigenvalue weighted by Gasteiger charge is 2.31. The molecular formula is C18H17F3N2O4S. The maximum absolute atomic E-state index is 12.8. The van der Waals surface area contributed by atoms with E-state index in [1.165, 1.54) is 34.6 Å². The van der Waals surface area contributed by atoms with E-state index in [9.17, 15) is 26.4 Å². The van der Waals surface area contributed by atoms with Gasteiger partial charge in [0.15, 0.2) is 0 Å². The summed E-state index contributed by atoms with van der Waals surface area (Å²) in [6, 6.07) is 9.58. The van der Waals surface area contributed by atoms with Crippen LogP contribution in [0.5, 0.6) is 0 Å². The molecule has 150 valence electrons. The number of amides is 1. The van der Waals surface area contributed by atoms with Crippen molar-refractivity contribution in [2.24, 2.45) is 0 Å². The maximum Gasteiger partial charge on any atom is 0.416 e. The molecule has 1 N–H and O–H groups in total. The van der Waals surface area contributed by atoms with E-state index in [1.807, 2.05) is 0 Å². The minimum atomic E-state index is -4.57. The summed E-state index contributed by atoms with van der Waals surface area (Å²) in [7, 11) is -3.76. The van der Waals surface area contributed by atoms with Crippen molar-refractivity contribution in [2.75, 3.05) is 31.6 Å². The average molecular weight is 414 g/mol. The number of hydrogen-bond donors (Lipinski definition) is 1. The van der Waals surface area contributed by atoms with Crippen LogP contribution in [0.15, 0.2) is 53.4 Å². The molecule has 1 aliphatic heterocycles. The molecule has 0 spiro atoms. The highest BCUT2D eigenvalue weighted by molar-refractivity contribution is 7.89. The number of nitrogens with one attached hydrogen (secondary N) is 1. The summed E-state index contributed by atoms with van der Waals surface area (Å²) in [5.74, 6) is -0.771. The normalized spacial score (nSPS) is 16.0. The Kier molecular flexibility index (Phi) is 5.73. The van der Waals surface area contributed by atoms with E-state index >= 15 is 0 Å². The number of morpholine rings is 1. The Balaban J connectivity index is 1.80. The van der Waals surface area contributed by atoms with Gasteiger partial charge in [-0.2, -0.15) is 17.5 Å². The SMILES string of the molecule is O=C(Nc1cccc(S(=O)(=O)N2CCOCC2)c1)c1cccc(C(F)(F)F)c1. The molecule has 28 heavy (non-hydrogen) atoms. The number of hydrogen-bond acceptors (Lipinski definition) is 4. The van der Waals surface area contributed by atoms with Crippen LogP contribution in [0.25, 0.3) is 0 Å². The van der Waals surface area contributed by atoms with Gasteiger partial charge in [-0.15, -0.1) is 0 Å². The molecule has 0 aromatic heterocycles. The van der Waals surface area contributed by atoms with Gasteiger partial charge in [0.05, 0.1) is 23.7 Å². The van der Waals surface area contributed by atoms with Gasteiger partial charge in [0, 0.05) is 24.3 Å². The molecular weight excluding hydrogens is 397 g/mol. The van der Waals surface area contributed by atoms with E-state index in [0.717, 1.165) is 18.2 Å². The van der Waals surface area contributed by atoms with Gasteiger partial charge in [-0.1, -0.05) is 12.1 Å². The fraction of sp³-hybridized carbons (Fsp3) is 0.278. The van der Waals surface area contributed by atoms with Crippen molar-refractivity contribution < 1.29 is 31.1 Å². The number of sulfonamides is 1. The molecule has 1 heterocycles. The smallest absolute Gasteiger partial charge is 0.379 e. The predicted octanol–water partition coefficient (Wildman–Crippen LogP) is 2.98. The van der Waals surface area contributed by atoms with Crippen LogP contribution in [0.4, 0.5) is 18.9 Å². The largest absolute Gasteiger partial charge is 0.416 e.